The van der Waals surface area contributed by atoms with E-state index in [2.05, 4.69) is 17.4 Å². The second kappa shape index (κ2) is 9.49. The van der Waals surface area contributed by atoms with Crippen LogP contribution in [-0.4, -0.2) is 52.7 Å². The molecular weight excluding hydrogens is 432 g/mol. The fraction of sp³-hybridized carbons (Fsp3) is 0.444. The van der Waals surface area contributed by atoms with Crippen LogP contribution in [0.15, 0.2) is 48.5 Å². The first-order valence-corrected chi connectivity index (χ1v) is 11.9. The molecule has 2 amide bonds. The number of ether oxygens (including phenoxy) is 1. The van der Waals surface area contributed by atoms with Crippen LogP contribution in [0.2, 0.25) is 0 Å². The third-order valence-corrected chi connectivity index (χ3v) is 6.98. The van der Waals surface area contributed by atoms with Gasteiger partial charge in [0.05, 0.1) is 0 Å². The minimum absolute atomic E-state index is 0.0752. The van der Waals surface area contributed by atoms with Crippen molar-refractivity contribution in [2.75, 3.05) is 13.2 Å². The Bertz CT molecular complexity index is 1050. The largest absolute Gasteiger partial charge is 0.480 e. The maximum atomic E-state index is 13.3. The van der Waals surface area contributed by atoms with Gasteiger partial charge in [0.2, 0.25) is 5.91 Å². The van der Waals surface area contributed by atoms with E-state index in [0.29, 0.717) is 12.3 Å². The van der Waals surface area contributed by atoms with E-state index in [1.54, 1.807) is 6.92 Å². The van der Waals surface area contributed by atoms with E-state index in [9.17, 15) is 19.5 Å². The number of hydrogen-bond acceptors (Lipinski definition) is 4. The van der Waals surface area contributed by atoms with Crippen molar-refractivity contribution >= 4 is 18.0 Å². The van der Waals surface area contributed by atoms with Gasteiger partial charge in [0.1, 0.15) is 18.2 Å². The summed E-state index contributed by atoms with van der Waals surface area (Å²) in [5.74, 6) is -1.20. The van der Waals surface area contributed by atoms with Crippen molar-refractivity contribution in [2.45, 2.75) is 57.5 Å². The number of benzene rings is 2. The quantitative estimate of drug-likeness (QED) is 0.573. The van der Waals surface area contributed by atoms with Crippen molar-refractivity contribution in [1.82, 2.24) is 10.2 Å². The van der Waals surface area contributed by atoms with Gasteiger partial charge >= 0.3 is 12.1 Å². The third kappa shape index (κ3) is 4.65. The van der Waals surface area contributed by atoms with Crippen molar-refractivity contribution in [2.24, 2.45) is 5.92 Å². The summed E-state index contributed by atoms with van der Waals surface area (Å²) in [6, 6.07) is 15.4. The Morgan fingerprint density at radius 2 is 1.62 bits per heavy atom. The van der Waals surface area contributed by atoms with Crippen LogP contribution in [0.3, 0.4) is 0 Å². The third-order valence-electron chi connectivity index (χ3n) is 6.98. The standard InChI is InChI=1S/C27H32N2O5/c1-4-29(27(2,3)25(31)32)24(30)23(15-17-13-14-17)28-26(33)34-16-22-20-11-7-5-9-18(20)19-10-6-8-12-21(19)22/h5-12,17,22-23H,4,13-16H2,1-3H3,(H,28,33)(H,31,32)/t23-/m0/s1. The molecule has 0 spiro atoms. The number of likely N-dealkylation sites (N-methyl/N-ethyl adjacent to an activating group) is 1. The molecule has 1 atom stereocenters. The first kappa shape index (κ1) is 23.8. The highest BCUT2D eigenvalue weighted by molar-refractivity contribution is 5.91. The molecular formula is C27H32N2O5. The number of amides is 2. The van der Waals surface area contributed by atoms with Crippen LogP contribution in [0.25, 0.3) is 11.1 Å². The Kier molecular flexibility index (Phi) is 6.64. The van der Waals surface area contributed by atoms with E-state index in [4.69, 9.17) is 4.74 Å². The summed E-state index contributed by atoms with van der Waals surface area (Å²) in [5.41, 5.74) is 3.13. The van der Waals surface area contributed by atoms with E-state index in [1.165, 1.54) is 18.7 Å². The van der Waals surface area contributed by atoms with Crippen LogP contribution >= 0.6 is 0 Å². The SMILES string of the molecule is CCN(C(=O)[C@H](CC1CC1)NC(=O)OCC1c2ccccc2-c2ccccc21)C(C)(C)C(=O)O. The number of hydrogen-bond donors (Lipinski definition) is 2. The van der Waals surface area contributed by atoms with Gasteiger partial charge in [0.25, 0.3) is 0 Å². The number of nitrogens with zero attached hydrogens (tertiary/aromatic N) is 1. The Morgan fingerprint density at radius 3 is 2.12 bits per heavy atom. The number of carboxylic acid groups (broad SMARTS) is 1. The summed E-state index contributed by atoms with van der Waals surface area (Å²) in [5, 5.41) is 12.3. The van der Waals surface area contributed by atoms with Gasteiger partial charge in [-0.2, -0.15) is 0 Å². The molecule has 1 fully saturated rings. The maximum absolute atomic E-state index is 13.3. The molecule has 0 unspecified atom stereocenters. The zero-order valence-electron chi connectivity index (χ0n) is 19.9. The number of fused-ring (bicyclic) bond motifs is 3. The topological polar surface area (TPSA) is 95.9 Å². The zero-order chi connectivity index (χ0) is 24.5. The van der Waals surface area contributed by atoms with Crippen LogP contribution < -0.4 is 5.32 Å². The minimum Gasteiger partial charge on any atom is -0.480 e. The van der Waals surface area contributed by atoms with E-state index in [0.717, 1.165) is 35.1 Å². The zero-order valence-corrected chi connectivity index (χ0v) is 19.9. The molecule has 2 aliphatic rings. The van der Waals surface area contributed by atoms with Gasteiger partial charge in [0.15, 0.2) is 0 Å². The number of alkyl carbamates (subject to hydrolysis) is 1. The minimum atomic E-state index is -1.38. The summed E-state index contributed by atoms with van der Waals surface area (Å²) in [6.07, 6.45) is 1.83. The molecule has 180 valence electrons. The summed E-state index contributed by atoms with van der Waals surface area (Å²) >= 11 is 0. The van der Waals surface area contributed by atoms with Crippen LogP contribution in [0, 0.1) is 5.92 Å². The van der Waals surface area contributed by atoms with Gasteiger partial charge < -0.3 is 20.1 Å². The lowest BCUT2D eigenvalue weighted by molar-refractivity contribution is -0.157. The van der Waals surface area contributed by atoms with Gasteiger partial charge in [-0.25, -0.2) is 9.59 Å². The predicted molar refractivity (Wildman–Crippen MR) is 128 cm³/mol. The highest BCUT2D eigenvalue weighted by Crippen LogP contribution is 2.44. The van der Waals surface area contributed by atoms with Gasteiger partial charge in [0, 0.05) is 12.5 Å². The Hall–Kier alpha value is -3.35. The molecule has 0 aromatic heterocycles. The molecule has 2 aliphatic carbocycles. The van der Waals surface area contributed by atoms with Gasteiger partial charge in [-0.1, -0.05) is 61.4 Å². The molecule has 34 heavy (non-hydrogen) atoms. The molecule has 0 saturated heterocycles. The normalized spacial score (nSPS) is 15.7. The highest BCUT2D eigenvalue weighted by atomic mass is 16.5. The fourth-order valence-electron chi connectivity index (χ4n) is 4.82. The Labute approximate surface area is 200 Å². The number of nitrogens with one attached hydrogen (secondary N) is 1. The molecule has 2 N–H and O–H groups in total. The summed E-state index contributed by atoms with van der Waals surface area (Å²) in [7, 11) is 0. The molecule has 1 saturated carbocycles. The molecule has 0 aliphatic heterocycles. The lowest BCUT2D eigenvalue weighted by Crippen LogP contribution is -2.58. The summed E-state index contributed by atoms with van der Waals surface area (Å²) < 4.78 is 5.63. The first-order chi connectivity index (χ1) is 16.2. The lowest BCUT2D eigenvalue weighted by atomic mass is 9.98. The molecule has 2 aromatic carbocycles. The van der Waals surface area contributed by atoms with Crippen molar-refractivity contribution < 1.29 is 24.2 Å². The van der Waals surface area contributed by atoms with Crippen molar-refractivity contribution in [3.63, 3.8) is 0 Å². The average Bonchev–Trinajstić information content (AvgIpc) is 3.58. The summed E-state index contributed by atoms with van der Waals surface area (Å²) in [6.45, 7) is 5.12. The van der Waals surface area contributed by atoms with Crippen molar-refractivity contribution in [3.05, 3.63) is 59.7 Å². The fourth-order valence-corrected chi connectivity index (χ4v) is 4.82. The molecule has 7 nitrogen and oxygen atoms in total. The van der Waals surface area contributed by atoms with Crippen LogP contribution in [0.4, 0.5) is 4.79 Å². The number of rotatable bonds is 9. The summed E-state index contributed by atoms with van der Waals surface area (Å²) in [4.78, 5) is 39.2. The van der Waals surface area contributed by atoms with Crippen LogP contribution in [0.1, 0.15) is 57.1 Å². The lowest BCUT2D eigenvalue weighted by Gasteiger charge is -2.36. The van der Waals surface area contributed by atoms with E-state index in [-0.39, 0.29) is 19.1 Å². The van der Waals surface area contributed by atoms with E-state index < -0.39 is 29.6 Å². The molecule has 0 heterocycles. The van der Waals surface area contributed by atoms with Crippen LogP contribution in [0.5, 0.6) is 0 Å². The molecule has 7 heteroatoms. The highest BCUT2D eigenvalue weighted by Gasteiger charge is 2.41. The first-order valence-electron chi connectivity index (χ1n) is 11.9. The number of aliphatic carboxylic acids is 1. The Morgan fingerprint density at radius 1 is 1.06 bits per heavy atom. The second-order valence-electron chi connectivity index (χ2n) is 9.65. The number of carbonyl (C=O) groups is 3. The van der Waals surface area contributed by atoms with E-state index >= 15 is 0 Å². The molecule has 2 aromatic rings. The second-order valence-corrected chi connectivity index (χ2v) is 9.65. The average molecular weight is 465 g/mol. The van der Waals surface area contributed by atoms with Gasteiger partial charge in [-0.05, 0) is 55.4 Å². The van der Waals surface area contributed by atoms with Gasteiger partial charge in [-0.15, -0.1) is 0 Å². The van der Waals surface area contributed by atoms with E-state index in [1.807, 2.05) is 36.4 Å². The number of carbonyl (C=O) groups excluding carboxylic acids is 2. The van der Waals surface area contributed by atoms with Crippen molar-refractivity contribution in [1.29, 1.82) is 0 Å². The van der Waals surface area contributed by atoms with Gasteiger partial charge in [-0.3, -0.25) is 4.79 Å². The molecule has 0 bridgehead atoms. The maximum Gasteiger partial charge on any atom is 0.407 e. The molecule has 4 rings (SSSR count). The monoisotopic (exact) mass is 464 g/mol. The molecule has 0 radical (unpaired) electrons. The predicted octanol–water partition coefficient (Wildman–Crippen LogP) is 4.41. The van der Waals surface area contributed by atoms with Crippen molar-refractivity contribution in [3.8, 4) is 11.1 Å². The Balaban J connectivity index is 1.46. The van der Waals surface area contributed by atoms with Crippen LogP contribution in [-0.2, 0) is 14.3 Å². The smallest absolute Gasteiger partial charge is 0.407 e. The number of carboxylic acids is 1.